The molecular weight excluding hydrogens is 234 g/mol. The number of anilines is 1. The van der Waals surface area contributed by atoms with Gasteiger partial charge in [-0.2, -0.15) is 0 Å². The van der Waals surface area contributed by atoms with Crippen molar-refractivity contribution < 1.29 is 4.74 Å². The Bertz CT molecular complexity index is 383. The highest BCUT2D eigenvalue weighted by molar-refractivity contribution is 5.44. The Kier molecular flexibility index (Phi) is 5.80. The third-order valence-electron chi connectivity index (χ3n) is 3.58. The van der Waals surface area contributed by atoms with E-state index in [0.717, 1.165) is 19.4 Å². The third kappa shape index (κ3) is 4.98. The predicted molar refractivity (Wildman–Crippen MR) is 81.4 cm³/mol. The third-order valence-corrected chi connectivity index (χ3v) is 3.58. The van der Waals surface area contributed by atoms with Crippen molar-refractivity contribution in [1.29, 1.82) is 0 Å². The molecule has 1 atom stereocenters. The molecule has 0 fully saturated rings. The zero-order valence-corrected chi connectivity index (χ0v) is 11.9. The van der Waals surface area contributed by atoms with Crippen LogP contribution >= 0.6 is 0 Å². The van der Waals surface area contributed by atoms with Crippen LogP contribution in [0.4, 0.5) is 5.69 Å². The van der Waals surface area contributed by atoms with Crippen LogP contribution in [-0.2, 0) is 11.2 Å². The molecule has 2 heteroatoms. The van der Waals surface area contributed by atoms with E-state index in [-0.39, 0.29) is 0 Å². The Labute approximate surface area is 116 Å². The molecule has 104 valence electrons. The number of rotatable bonds is 7. The second-order valence-electron chi connectivity index (χ2n) is 5.24. The van der Waals surface area contributed by atoms with Gasteiger partial charge in [-0.05, 0) is 49.5 Å². The smallest absolute Gasteiger partial charge is 0.115 e. The number of aryl methyl sites for hydroxylation is 1. The first-order chi connectivity index (χ1) is 9.38. The van der Waals surface area contributed by atoms with Crippen LogP contribution in [-0.4, -0.2) is 12.6 Å². The summed E-state index contributed by atoms with van der Waals surface area (Å²) in [7, 11) is 0. The Hall–Kier alpha value is -1.44. The van der Waals surface area contributed by atoms with Gasteiger partial charge in [-0.3, -0.25) is 0 Å². The van der Waals surface area contributed by atoms with Gasteiger partial charge >= 0.3 is 0 Å². The van der Waals surface area contributed by atoms with E-state index in [4.69, 9.17) is 4.74 Å². The molecule has 1 aliphatic heterocycles. The summed E-state index contributed by atoms with van der Waals surface area (Å²) in [5.74, 6) is 0. The lowest BCUT2D eigenvalue weighted by Gasteiger charge is -2.20. The van der Waals surface area contributed by atoms with Crippen LogP contribution in [0.15, 0.2) is 36.6 Å². The van der Waals surface area contributed by atoms with E-state index in [1.165, 1.54) is 36.9 Å². The molecule has 1 heterocycles. The monoisotopic (exact) mass is 259 g/mol. The second-order valence-corrected chi connectivity index (χ2v) is 5.24. The highest BCUT2D eigenvalue weighted by Crippen LogP contribution is 2.14. The Morgan fingerprint density at radius 2 is 2.05 bits per heavy atom. The van der Waals surface area contributed by atoms with Gasteiger partial charge in [0.1, 0.15) is 6.10 Å². The predicted octanol–water partition coefficient (Wildman–Crippen LogP) is 4.52. The summed E-state index contributed by atoms with van der Waals surface area (Å²) < 4.78 is 5.55. The fourth-order valence-electron chi connectivity index (χ4n) is 2.34. The van der Waals surface area contributed by atoms with Gasteiger partial charge in [-0.25, -0.2) is 0 Å². The largest absolute Gasteiger partial charge is 0.497 e. The standard InChI is InChI=1S/C17H25NO/c1-2-3-4-7-15-9-11-16(12-10-15)18-14-17-8-5-6-13-19-17/h6,9-13,17-18H,2-5,7-8,14H2,1H3. The first-order valence-electron chi connectivity index (χ1n) is 7.52. The number of unbranched alkanes of at least 4 members (excludes halogenated alkanes) is 2. The minimum Gasteiger partial charge on any atom is -0.497 e. The normalized spacial score (nSPS) is 18.1. The molecule has 0 bridgehead atoms. The maximum atomic E-state index is 5.55. The van der Waals surface area contributed by atoms with E-state index < -0.39 is 0 Å². The van der Waals surface area contributed by atoms with Crippen molar-refractivity contribution in [2.24, 2.45) is 0 Å². The molecule has 1 aromatic carbocycles. The van der Waals surface area contributed by atoms with Gasteiger partial charge in [0.15, 0.2) is 0 Å². The molecule has 0 amide bonds. The summed E-state index contributed by atoms with van der Waals surface area (Å²) in [4.78, 5) is 0. The Morgan fingerprint density at radius 3 is 2.74 bits per heavy atom. The molecule has 2 nitrogen and oxygen atoms in total. The lowest BCUT2D eigenvalue weighted by atomic mass is 10.1. The van der Waals surface area contributed by atoms with Gasteiger partial charge in [0.2, 0.25) is 0 Å². The molecule has 0 saturated heterocycles. The Balaban J connectivity index is 1.73. The van der Waals surface area contributed by atoms with Gasteiger partial charge in [-0.1, -0.05) is 31.9 Å². The molecule has 19 heavy (non-hydrogen) atoms. The van der Waals surface area contributed by atoms with Crippen LogP contribution in [0.3, 0.4) is 0 Å². The zero-order valence-electron chi connectivity index (χ0n) is 11.9. The molecule has 1 N–H and O–H groups in total. The summed E-state index contributed by atoms with van der Waals surface area (Å²) >= 11 is 0. The average molecular weight is 259 g/mol. The average Bonchev–Trinajstić information content (AvgIpc) is 2.48. The summed E-state index contributed by atoms with van der Waals surface area (Å²) in [6.45, 7) is 3.13. The first kappa shape index (κ1) is 14.0. The van der Waals surface area contributed by atoms with Gasteiger partial charge < -0.3 is 10.1 Å². The van der Waals surface area contributed by atoms with Crippen LogP contribution < -0.4 is 5.32 Å². The van der Waals surface area contributed by atoms with E-state index >= 15 is 0 Å². The van der Waals surface area contributed by atoms with Crippen molar-refractivity contribution in [2.75, 3.05) is 11.9 Å². The minimum absolute atomic E-state index is 0.314. The molecular formula is C17H25NO. The second kappa shape index (κ2) is 7.88. The SMILES string of the molecule is CCCCCc1ccc(NCC2CCC=CO2)cc1. The van der Waals surface area contributed by atoms with E-state index in [0.29, 0.717) is 6.10 Å². The molecule has 0 spiro atoms. The quantitative estimate of drug-likeness (QED) is 0.727. The number of allylic oxidation sites excluding steroid dienone is 1. The fourth-order valence-corrected chi connectivity index (χ4v) is 2.34. The van der Waals surface area contributed by atoms with Crippen LogP contribution in [0.5, 0.6) is 0 Å². The van der Waals surface area contributed by atoms with E-state index in [1.807, 2.05) is 6.26 Å². The van der Waals surface area contributed by atoms with Crippen LogP contribution in [0.1, 0.15) is 44.6 Å². The van der Waals surface area contributed by atoms with Crippen molar-refractivity contribution in [3.05, 3.63) is 42.2 Å². The van der Waals surface area contributed by atoms with Gasteiger partial charge in [0.05, 0.1) is 12.8 Å². The van der Waals surface area contributed by atoms with Gasteiger partial charge in [0, 0.05) is 5.69 Å². The molecule has 1 unspecified atom stereocenters. The molecule has 1 aliphatic rings. The fraction of sp³-hybridized carbons (Fsp3) is 0.529. The van der Waals surface area contributed by atoms with Crippen molar-refractivity contribution in [2.45, 2.75) is 51.6 Å². The summed E-state index contributed by atoms with van der Waals surface area (Å²) in [5.41, 5.74) is 2.63. The van der Waals surface area contributed by atoms with Gasteiger partial charge in [0.25, 0.3) is 0 Å². The van der Waals surface area contributed by atoms with Crippen LogP contribution in [0.25, 0.3) is 0 Å². The number of nitrogens with one attached hydrogen (secondary N) is 1. The van der Waals surface area contributed by atoms with Gasteiger partial charge in [-0.15, -0.1) is 0 Å². The minimum atomic E-state index is 0.314. The van der Waals surface area contributed by atoms with Crippen molar-refractivity contribution in [1.82, 2.24) is 0 Å². The van der Waals surface area contributed by atoms with Crippen LogP contribution in [0.2, 0.25) is 0 Å². The highest BCUT2D eigenvalue weighted by atomic mass is 16.5. The van der Waals surface area contributed by atoms with Crippen LogP contribution in [0, 0.1) is 0 Å². The highest BCUT2D eigenvalue weighted by Gasteiger charge is 2.09. The Morgan fingerprint density at radius 1 is 1.21 bits per heavy atom. The summed E-state index contributed by atoms with van der Waals surface area (Å²) in [6.07, 6.45) is 11.6. The van der Waals surface area contributed by atoms with Crippen molar-refractivity contribution >= 4 is 5.69 Å². The maximum Gasteiger partial charge on any atom is 0.115 e. The number of benzene rings is 1. The molecule has 0 aliphatic carbocycles. The molecule has 1 aromatic rings. The summed E-state index contributed by atoms with van der Waals surface area (Å²) in [6, 6.07) is 8.83. The lowest BCUT2D eigenvalue weighted by molar-refractivity contribution is 0.135. The van der Waals surface area contributed by atoms with Crippen molar-refractivity contribution in [3.63, 3.8) is 0 Å². The number of hydrogen-bond donors (Lipinski definition) is 1. The molecule has 0 radical (unpaired) electrons. The maximum absolute atomic E-state index is 5.55. The molecule has 2 rings (SSSR count). The number of ether oxygens (including phenoxy) is 1. The van der Waals surface area contributed by atoms with Crippen molar-refractivity contribution in [3.8, 4) is 0 Å². The first-order valence-corrected chi connectivity index (χ1v) is 7.52. The summed E-state index contributed by atoms with van der Waals surface area (Å²) in [5, 5.41) is 3.45. The topological polar surface area (TPSA) is 21.3 Å². The van der Waals surface area contributed by atoms with E-state index in [9.17, 15) is 0 Å². The molecule has 0 saturated carbocycles. The van der Waals surface area contributed by atoms with E-state index in [1.54, 1.807) is 0 Å². The number of hydrogen-bond acceptors (Lipinski definition) is 2. The molecule has 0 aromatic heterocycles. The zero-order chi connectivity index (χ0) is 13.3. The van der Waals surface area contributed by atoms with E-state index in [2.05, 4.69) is 42.6 Å². The lowest BCUT2D eigenvalue weighted by Crippen LogP contribution is -2.22.